The number of likely N-dealkylation sites (N-methyl/N-ethyl adjacent to an activating group) is 1. The van der Waals surface area contributed by atoms with Gasteiger partial charge in [0.25, 0.3) is 5.91 Å². The highest BCUT2D eigenvalue weighted by molar-refractivity contribution is 5.95. The monoisotopic (exact) mass is 296 g/mol. The van der Waals surface area contributed by atoms with Gasteiger partial charge in [0.05, 0.1) is 12.2 Å². The van der Waals surface area contributed by atoms with E-state index in [0.29, 0.717) is 6.54 Å². The molecule has 2 N–H and O–H groups in total. The number of nitrogens with zero attached hydrogens (tertiary/aromatic N) is 1. The predicted molar refractivity (Wildman–Crippen MR) is 74.7 cm³/mol. The van der Waals surface area contributed by atoms with Crippen molar-refractivity contribution >= 4 is 17.8 Å². The van der Waals surface area contributed by atoms with Gasteiger partial charge in [-0.1, -0.05) is 6.92 Å². The Kier molecular flexibility index (Phi) is 5.95. The second kappa shape index (κ2) is 7.47. The van der Waals surface area contributed by atoms with Crippen LogP contribution in [-0.2, 0) is 9.59 Å². The SMILES string of the molecule is CCN(CC(C)C(=O)O)C(=O)C(C)NC(=O)c1ccco1. The van der Waals surface area contributed by atoms with Crippen molar-refractivity contribution in [3.05, 3.63) is 24.2 Å². The Morgan fingerprint density at radius 1 is 1.38 bits per heavy atom. The predicted octanol–water partition coefficient (Wildman–Crippen LogP) is 0.967. The molecule has 0 spiro atoms. The van der Waals surface area contributed by atoms with Crippen LogP contribution in [0.2, 0.25) is 0 Å². The highest BCUT2D eigenvalue weighted by atomic mass is 16.4. The Morgan fingerprint density at radius 2 is 2.05 bits per heavy atom. The van der Waals surface area contributed by atoms with E-state index < -0.39 is 23.8 Å². The molecule has 0 radical (unpaired) electrons. The lowest BCUT2D eigenvalue weighted by atomic mass is 10.1. The smallest absolute Gasteiger partial charge is 0.308 e. The molecule has 1 aromatic rings. The van der Waals surface area contributed by atoms with Crippen LogP contribution in [-0.4, -0.2) is 46.9 Å². The Morgan fingerprint density at radius 3 is 2.52 bits per heavy atom. The Labute approximate surface area is 122 Å². The fourth-order valence-corrected chi connectivity index (χ4v) is 1.79. The third-order valence-corrected chi connectivity index (χ3v) is 3.07. The highest BCUT2D eigenvalue weighted by Crippen LogP contribution is 2.05. The maximum Gasteiger partial charge on any atom is 0.308 e. The molecule has 2 unspecified atom stereocenters. The van der Waals surface area contributed by atoms with Gasteiger partial charge >= 0.3 is 5.97 Å². The average molecular weight is 296 g/mol. The molecule has 21 heavy (non-hydrogen) atoms. The van der Waals surface area contributed by atoms with Gasteiger partial charge < -0.3 is 19.7 Å². The molecule has 1 heterocycles. The second-order valence-corrected chi connectivity index (χ2v) is 4.79. The first kappa shape index (κ1) is 16.7. The van der Waals surface area contributed by atoms with Crippen LogP contribution in [0.25, 0.3) is 0 Å². The summed E-state index contributed by atoms with van der Waals surface area (Å²) in [6.45, 7) is 5.32. The summed E-state index contributed by atoms with van der Waals surface area (Å²) in [5.74, 6) is -2.32. The third kappa shape index (κ3) is 4.62. The maximum atomic E-state index is 12.2. The zero-order valence-corrected chi connectivity index (χ0v) is 12.3. The summed E-state index contributed by atoms with van der Waals surface area (Å²) in [6.07, 6.45) is 1.37. The summed E-state index contributed by atoms with van der Waals surface area (Å²) < 4.78 is 4.94. The number of hydrogen-bond acceptors (Lipinski definition) is 4. The number of hydrogen-bond donors (Lipinski definition) is 2. The van der Waals surface area contributed by atoms with E-state index in [1.165, 1.54) is 24.2 Å². The number of amides is 2. The quantitative estimate of drug-likeness (QED) is 0.781. The number of furan rings is 1. The minimum absolute atomic E-state index is 0.103. The lowest BCUT2D eigenvalue weighted by Gasteiger charge is -2.26. The van der Waals surface area contributed by atoms with Crippen molar-refractivity contribution < 1.29 is 23.9 Å². The van der Waals surface area contributed by atoms with E-state index in [4.69, 9.17) is 9.52 Å². The van der Waals surface area contributed by atoms with Gasteiger partial charge in [0.1, 0.15) is 6.04 Å². The summed E-state index contributed by atoms with van der Waals surface area (Å²) in [5.41, 5.74) is 0. The van der Waals surface area contributed by atoms with Crippen LogP contribution in [0.1, 0.15) is 31.3 Å². The number of carboxylic acids is 1. The van der Waals surface area contributed by atoms with Crippen LogP contribution in [0.4, 0.5) is 0 Å². The maximum absolute atomic E-state index is 12.2. The summed E-state index contributed by atoms with van der Waals surface area (Å²) >= 11 is 0. The molecule has 0 bridgehead atoms. The average Bonchev–Trinajstić information content (AvgIpc) is 2.97. The van der Waals surface area contributed by atoms with Gasteiger partial charge in [-0.15, -0.1) is 0 Å². The zero-order valence-electron chi connectivity index (χ0n) is 12.3. The van der Waals surface area contributed by atoms with Crippen molar-refractivity contribution in [2.75, 3.05) is 13.1 Å². The molecule has 0 saturated heterocycles. The first-order valence-corrected chi connectivity index (χ1v) is 6.72. The van der Waals surface area contributed by atoms with Crippen molar-refractivity contribution in [2.45, 2.75) is 26.8 Å². The Hall–Kier alpha value is -2.31. The van der Waals surface area contributed by atoms with Crippen LogP contribution in [0.5, 0.6) is 0 Å². The van der Waals surface area contributed by atoms with Gasteiger partial charge in [-0.05, 0) is 26.0 Å². The molecule has 0 aliphatic carbocycles. The molecule has 0 aliphatic rings. The number of carboxylic acid groups (broad SMARTS) is 1. The van der Waals surface area contributed by atoms with E-state index in [0.717, 1.165) is 0 Å². The van der Waals surface area contributed by atoms with Gasteiger partial charge in [-0.25, -0.2) is 0 Å². The normalized spacial score (nSPS) is 13.3. The fourth-order valence-electron chi connectivity index (χ4n) is 1.79. The first-order chi connectivity index (χ1) is 9.86. The largest absolute Gasteiger partial charge is 0.481 e. The van der Waals surface area contributed by atoms with E-state index in [1.807, 2.05) is 0 Å². The van der Waals surface area contributed by atoms with Crippen molar-refractivity contribution in [1.82, 2.24) is 10.2 Å². The Balaban J connectivity index is 2.62. The molecular weight excluding hydrogens is 276 g/mol. The number of aliphatic carboxylic acids is 1. The van der Waals surface area contributed by atoms with Gasteiger partial charge in [-0.2, -0.15) is 0 Å². The van der Waals surface area contributed by atoms with Crippen LogP contribution in [0.15, 0.2) is 22.8 Å². The van der Waals surface area contributed by atoms with Crippen LogP contribution in [0, 0.1) is 5.92 Å². The molecule has 0 saturated carbocycles. The highest BCUT2D eigenvalue weighted by Gasteiger charge is 2.25. The molecule has 2 amide bonds. The Bertz CT molecular complexity index is 497. The molecule has 2 atom stereocenters. The molecule has 0 fully saturated rings. The van der Waals surface area contributed by atoms with Gasteiger partial charge in [0, 0.05) is 13.1 Å². The summed E-state index contributed by atoms with van der Waals surface area (Å²) in [4.78, 5) is 36.3. The van der Waals surface area contributed by atoms with Crippen molar-refractivity contribution in [2.24, 2.45) is 5.92 Å². The number of rotatable bonds is 7. The fraction of sp³-hybridized carbons (Fsp3) is 0.500. The van der Waals surface area contributed by atoms with Crippen LogP contribution in [0.3, 0.4) is 0 Å². The molecular formula is C14H20N2O5. The zero-order chi connectivity index (χ0) is 16.0. The van der Waals surface area contributed by atoms with E-state index in [2.05, 4.69) is 5.32 Å². The van der Waals surface area contributed by atoms with Crippen LogP contribution < -0.4 is 5.32 Å². The first-order valence-electron chi connectivity index (χ1n) is 6.72. The van der Waals surface area contributed by atoms with Crippen molar-refractivity contribution in [3.8, 4) is 0 Å². The number of nitrogens with one attached hydrogen (secondary N) is 1. The summed E-state index contributed by atoms with van der Waals surface area (Å²) in [6, 6.07) is 2.31. The lowest BCUT2D eigenvalue weighted by molar-refractivity contribution is -0.143. The topological polar surface area (TPSA) is 99.9 Å². The second-order valence-electron chi connectivity index (χ2n) is 4.79. The van der Waals surface area contributed by atoms with Gasteiger partial charge in [-0.3, -0.25) is 14.4 Å². The minimum atomic E-state index is -0.964. The third-order valence-electron chi connectivity index (χ3n) is 3.07. The van der Waals surface area contributed by atoms with Gasteiger partial charge in [0.2, 0.25) is 5.91 Å². The van der Waals surface area contributed by atoms with E-state index >= 15 is 0 Å². The molecule has 7 heteroatoms. The van der Waals surface area contributed by atoms with Crippen LogP contribution >= 0.6 is 0 Å². The van der Waals surface area contributed by atoms with Crippen molar-refractivity contribution in [1.29, 1.82) is 0 Å². The summed E-state index contributed by atoms with van der Waals surface area (Å²) in [5, 5.41) is 11.4. The molecule has 0 aromatic carbocycles. The molecule has 1 rings (SSSR count). The standard InChI is InChI=1S/C14H20N2O5/c1-4-16(8-9(2)14(19)20)13(18)10(3)15-12(17)11-6-5-7-21-11/h5-7,9-10H,4,8H2,1-3H3,(H,15,17)(H,19,20). The lowest BCUT2D eigenvalue weighted by Crippen LogP contribution is -2.48. The number of carbonyl (C=O) groups excluding carboxylic acids is 2. The number of carbonyl (C=O) groups is 3. The summed E-state index contributed by atoms with van der Waals surface area (Å²) in [7, 11) is 0. The van der Waals surface area contributed by atoms with E-state index in [9.17, 15) is 14.4 Å². The minimum Gasteiger partial charge on any atom is -0.481 e. The molecule has 0 aliphatic heterocycles. The van der Waals surface area contributed by atoms with E-state index in [-0.39, 0.29) is 18.2 Å². The molecule has 1 aromatic heterocycles. The molecule has 116 valence electrons. The van der Waals surface area contributed by atoms with Gasteiger partial charge in [0.15, 0.2) is 5.76 Å². The van der Waals surface area contributed by atoms with E-state index in [1.54, 1.807) is 19.9 Å². The molecule has 7 nitrogen and oxygen atoms in total. The van der Waals surface area contributed by atoms with Crippen molar-refractivity contribution in [3.63, 3.8) is 0 Å².